The topological polar surface area (TPSA) is 87.6 Å². The van der Waals surface area contributed by atoms with Crippen LogP contribution in [0.2, 0.25) is 0 Å². The summed E-state index contributed by atoms with van der Waals surface area (Å²) in [5.41, 5.74) is 2.39. The van der Waals surface area contributed by atoms with Gasteiger partial charge >= 0.3 is 5.97 Å². The summed E-state index contributed by atoms with van der Waals surface area (Å²) in [6.45, 7) is 0. The minimum absolute atomic E-state index is 0.137. The lowest BCUT2D eigenvalue weighted by Gasteiger charge is -2.18. The number of aromatic nitrogens is 1. The molecule has 0 unspecified atom stereocenters. The molecule has 6 nitrogen and oxygen atoms in total. The summed E-state index contributed by atoms with van der Waals surface area (Å²) in [4.78, 5) is 44.0. The van der Waals surface area contributed by atoms with Crippen molar-refractivity contribution in [2.75, 3.05) is 4.90 Å². The molecule has 2 aromatic carbocycles. The van der Waals surface area contributed by atoms with E-state index in [4.69, 9.17) is 0 Å². The van der Waals surface area contributed by atoms with Crippen LogP contribution in [-0.4, -0.2) is 27.9 Å². The fourth-order valence-corrected chi connectivity index (χ4v) is 5.46. The van der Waals surface area contributed by atoms with Crippen LogP contribution in [0.4, 0.5) is 5.69 Å². The molecule has 2 aliphatic carbocycles. The van der Waals surface area contributed by atoms with Crippen LogP contribution in [0.15, 0.2) is 66.7 Å². The lowest BCUT2D eigenvalue weighted by molar-refractivity contribution is -0.123. The fraction of sp³-hybridized carbons (Fsp3) is 0.200. The van der Waals surface area contributed by atoms with Crippen molar-refractivity contribution in [1.29, 1.82) is 0 Å². The number of anilines is 1. The molecule has 31 heavy (non-hydrogen) atoms. The molecule has 6 heteroatoms. The number of hydrogen-bond donors (Lipinski definition) is 1. The van der Waals surface area contributed by atoms with Crippen molar-refractivity contribution in [1.82, 2.24) is 4.98 Å². The number of carbonyl (C=O) groups is 3. The molecule has 1 aliphatic heterocycles. The highest BCUT2D eigenvalue weighted by atomic mass is 16.4. The third-order valence-electron chi connectivity index (χ3n) is 6.82. The van der Waals surface area contributed by atoms with Gasteiger partial charge in [0.1, 0.15) is 0 Å². The van der Waals surface area contributed by atoms with Gasteiger partial charge in [-0.1, -0.05) is 42.5 Å². The predicted molar refractivity (Wildman–Crippen MR) is 114 cm³/mol. The third kappa shape index (κ3) is 2.51. The standard InChI is InChI=1S/C25H18N2O4/c28-23-21-14-8-9-15(10-14)22(21)24(29)27(23)16-5-3-4-13(11-16)20-12-18(25(30)31)17-6-1-2-7-19(17)26-20/h1-9,11-12,14-15,21-22H,10H2,(H,30,31)/t14-,15+,21-,22-/m0/s1. The molecule has 2 amide bonds. The molecule has 2 heterocycles. The molecule has 2 fully saturated rings. The first-order chi connectivity index (χ1) is 15.0. The van der Waals surface area contributed by atoms with E-state index in [-0.39, 0.29) is 41.0 Å². The van der Waals surface area contributed by atoms with Crippen LogP contribution in [0, 0.1) is 23.7 Å². The van der Waals surface area contributed by atoms with Crippen LogP contribution in [-0.2, 0) is 9.59 Å². The fourth-order valence-electron chi connectivity index (χ4n) is 5.46. The highest BCUT2D eigenvalue weighted by molar-refractivity contribution is 6.23. The lowest BCUT2D eigenvalue weighted by Crippen LogP contribution is -2.32. The van der Waals surface area contributed by atoms with Crippen LogP contribution < -0.4 is 4.90 Å². The summed E-state index contributed by atoms with van der Waals surface area (Å²) >= 11 is 0. The number of imide groups is 1. The summed E-state index contributed by atoms with van der Waals surface area (Å²) in [6, 6.07) is 15.7. The van der Waals surface area contributed by atoms with Crippen molar-refractivity contribution in [3.63, 3.8) is 0 Å². The Morgan fingerprint density at radius 1 is 0.935 bits per heavy atom. The van der Waals surface area contributed by atoms with Crippen molar-refractivity contribution < 1.29 is 19.5 Å². The van der Waals surface area contributed by atoms with E-state index in [0.717, 1.165) is 6.42 Å². The Balaban J connectivity index is 1.43. The van der Waals surface area contributed by atoms with Crippen LogP contribution >= 0.6 is 0 Å². The lowest BCUT2D eigenvalue weighted by atomic mass is 9.85. The van der Waals surface area contributed by atoms with Gasteiger partial charge in [0.2, 0.25) is 11.8 Å². The third-order valence-corrected chi connectivity index (χ3v) is 6.82. The van der Waals surface area contributed by atoms with Gasteiger partial charge in [-0.3, -0.25) is 9.59 Å². The van der Waals surface area contributed by atoms with E-state index in [1.165, 1.54) is 11.0 Å². The number of hydrogen-bond acceptors (Lipinski definition) is 4. The smallest absolute Gasteiger partial charge is 0.336 e. The Labute approximate surface area is 177 Å². The number of carboxylic acid groups (broad SMARTS) is 1. The number of pyridine rings is 1. The van der Waals surface area contributed by atoms with Gasteiger partial charge in [0.15, 0.2) is 0 Å². The molecule has 3 aromatic rings. The van der Waals surface area contributed by atoms with Crippen molar-refractivity contribution >= 4 is 34.4 Å². The monoisotopic (exact) mass is 410 g/mol. The van der Waals surface area contributed by atoms with Crippen molar-refractivity contribution in [3.8, 4) is 11.3 Å². The van der Waals surface area contributed by atoms with E-state index in [2.05, 4.69) is 17.1 Å². The van der Waals surface area contributed by atoms with E-state index in [1.54, 1.807) is 36.4 Å². The summed E-state index contributed by atoms with van der Waals surface area (Å²) in [5.74, 6) is -1.52. The second kappa shape index (κ2) is 6.35. The maximum Gasteiger partial charge on any atom is 0.336 e. The molecule has 3 aliphatic rings. The Bertz CT molecular complexity index is 1300. The average Bonchev–Trinajstić information content (AvgIpc) is 3.46. The first kappa shape index (κ1) is 18.0. The number of carbonyl (C=O) groups excluding carboxylic acids is 2. The second-order valence-corrected chi connectivity index (χ2v) is 8.44. The first-order valence-electron chi connectivity index (χ1n) is 10.3. The minimum Gasteiger partial charge on any atom is -0.478 e. The predicted octanol–water partition coefficient (Wildman–Crippen LogP) is 3.91. The van der Waals surface area contributed by atoms with E-state index >= 15 is 0 Å². The molecule has 0 spiro atoms. The first-order valence-corrected chi connectivity index (χ1v) is 10.3. The molecule has 1 aromatic heterocycles. The molecular weight excluding hydrogens is 392 g/mol. The molecule has 152 valence electrons. The Morgan fingerprint density at radius 3 is 2.35 bits per heavy atom. The maximum atomic E-state index is 13.1. The quantitative estimate of drug-likeness (QED) is 0.522. The van der Waals surface area contributed by atoms with Crippen LogP contribution in [0.25, 0.3) is 22.2 Å². The molecule has 4 atom stereocenters. The Kier molecular flexibility index (Phi) is 3.69. The number of amides is 2. The highest BCUT2D eigenvalue weighted by Crippen LogP contribution is 2.53. The van der Waals surface area contributed by atoms with E-state index in [9.17, 15) is 19.5 Å². The van der Waals surface area contributed by atoms with Gasteiger partial charge < -0.3 is 5.11 Å². The van der Waals surface area contributed by atoms with Crippen LogP contribution in [0.5, 0.6) is 0 Å². The number of benzene rings is 2. The van der Waals surface area contributed by atoms with Gasteiger partial charge in [0, 0.05) is 10.9 Å². The number of carboxylic acids is 1. The zero-order chi connectivity index (χ0) is 21.3. The van der Waals surface area contributed by atoms with Crippen molar-refractivity contribution in [2.24, 2.45) is 23.7 Å². The molecular formula is C25H18N2O4. The summed E-state index contributed by atoms with van der Waals surface area (Å²) < 4.78 is 0. The number of nitrogens with zero attached hydrogens (tertiary/aromatic N) is 2. The number of fused-ring (bicyclic) bond motifs is 6. The zero-order valence-electron chi connectivity index (χ0n) is 16.4. The van der Waals surface area contributed by atoms with Gasteiger partial charge in [-0.15, -0.1) is 0 Å². The van der Waals surface area contributed by atoms with Gasteiger partial charge in [-0.2, -0.15) is 0 Å². The Morgan fingerprint density at radius 2 is 1.65 bits per heavy atom. The SMILES string of the molecule is O=C(O)c1cc(-c2cccc(N3C(=O)[C@@H]4[C@@H](C3=O)[C@H]3C=C[C@@H]4C3)c2)nc2ccccc12. The van der Waals surface area contributed by atoms with Gasteiger partial charge in [-0.05, 0) is 42.5 Å². The molecule has 2 bridgehead atoms. The molecule has 1 N–H and O–H groups in total. The number of aromatic carboxylic acids is 1. The molecule has 1 saturated carbocycles. The van der Waals surface area contributed by atoms with E-state index in [1.807, 2.05) is 12.1 Å². The largest absolute Gasteiger partial charge is 0.478 e. The summed E-state index contributed by atoms with van der Waals surface area (Å²) in [6.07, 6.45) is 5.03. The van der Waals surface area contributed by atoms with Gasteiger partial charge in [0.05, 0.1) is 34.3 Å². The van der Waals surface area contributed by atoms with Gasteiger partial charge in [0.25, 0.3) is 0 Å². The van der Waals surface area contributed by atoms with Gasteiger partial charge in [-0.25, -0.2) is 14.7 Å². The normalized spacial score (nSPS) is 26.1. The molecule has 0 radical (unpaired) electrons. The summed E-state index contributed by atoms with van der Waals surface area (Å²) in [7, 11) is 0. The van der Waals surface area contributed by atoms with Crippen molar-refractivity contribution in [3.05, 3.63) is 72.3 Å². The van der Waals surface area contributed by atoms with E-state index in [0.29, 0.717) is 27.8 Å². The average molecular weight is 410 g/mol. The van der Waals surface area contributed by atoms with Crippen LogP contribution in [0.3, 0.4) is 0 Å². The zero-order valence-corrected chi connectivity index (χ0v) is 16.4. The van der Waals surface area contributed by atoms with E-state index < -0.39 is 5.97 Å². The number of allylic oxidation sites excluding steroid dienone is 2. The number of rotatable bonds is 3. The molecule has 1 saturated heterocycles. The highest BCUT2D eigenvalue weighted by Gasteiger charge is 2.59. The second-order valence-electron chi connectivity index (χ2n) is 8.44. The minimum atomic E-state index is -1.03. The number of para-hydroxylation sites is 1. The Hall–Kier alpha value is -3.80. The maximum absolute atomic E-state index is 13.1. The summed E-state index contributed by atoms with van der Waals surface area (Å²) in [5, 5.41) is 10.2. The molecule has 6 rings (SSSR count). The van der Waals surface area contributed by atoms with Crippen molar-refractivity contribution in [2.45, 2.75) is 6.42 Å². The van der Waals surface area contributed by atoms with Crippen LogP contribution in [0.1, 0.15) is 16.8 Å².